The van der Waals surface area contributed by atoms with Crippen molar-refractivity contribution < 1.29 is 27.8 Å². The average molecular weight is 406 g/mol. The van der Waals surface area contributed by atoms with E-state index in [4.69, 9.17) is 4.74 Å². The minimum atomic E-state index is -4.41. The number of nitrogens with one attached hydrogen (secondary N) is 2. The predicted molar refractivity (Wildman–Crippen MR) is 100 cm³/mol. The highest BCUT2D eigenvalue weighted by atomic mass is 19.4. The Balaban J connectivity index is 1.60. The van der Waals surface area contributed by atoms with Gasteiger partial charge in [-0.2, -0.15) is 13.2 Å². The van der Waals surface area contributed by atoms with Crippen molar-refractivity contribution in [1.29, 1.82) is 0 Å². The lowest BCUT2D eigenvalue weighted by atomic mass is 9.77. The minimum Gasteiger partial charge on any atom is -0.482 e. The number of aliphatic hydroxyl groups is 1. The number of carbonyl (C=O) groups excluding carboxylic acids is 1. The summed E-state index contributed by atoms with van der Waals surface area (Å²) in [6.45, 7) is 1.87. The van der Waals surface area contributed by atoms with Gasteiger partial charge in [0.15, 0.2) is 6.61 Å². The molecule has 5 nitrogen and oxygen atoms in total. The van der Waals surface area contributed by atoms with Crippen molar-refractivity contribution in [3.8, 4) is 5.75 Å². The van der Waals surface area contributed by atoms with Crippen molar-refractivity contribution in [3.63, 3.8) is 0 Å². The normalized spacial score (nSPS) is 27.0. The lowest BCUT2D eigenvalue weighted by Crippen LogP contribution is -2.46. The number of ether oxygens (including phenoxy) is 1. The van der Waals surface area contributed by atoms with Gasteiger partial charge < -0.3 is 20.5 Å². The van der Waals surface area contributed by atoms with Crippen LogP contribution in [0.2, 0.25) is 0 Å². The van der Waals surface area contributed by atoms with Crippen LogP contribution in [-0.4, -0.2) is 23.7 Å². The van der Waals surface area contributed by atoms with E-state index < -0.39 is 17.3 Å². The summed E-state index contributed by atoms with van der Waals surface area (Å²) >= 11 is 0. The second-order valence-corrected chi connectivity index (χ2v) is 7.73. The highest BCUT2D eigenvalue weighted by molar-refractivity contribution is 5.95. The van der Waals surface area contributed by atoms with Crippen LogP contribution in [-0.2, 0) is 16.6 Å². The number of amides is 1. The summed E-state index contributed by atoms with van der Waals surface area (Å²) < 4.78 is 44.0. The molecule has 0 radical (unpaired) electrons. The van der Waals surface area contributed by atoms with Gasteiger partial charge in [-0.3, -0.25) is 4.79 Å². The fraction of sp³-hybridized carbons (Fsp3) is 0.381. The zero-order valence-electron chi connectivity index (χ0n) is 15.7. The molecule has 0 spiro atoms. The topological polar surface area (TPSA) is 70.6 Å². The van der Waals surface area contributed by atoms with Crippen LogP contribution < -0.4 is 15.4 Å². The molecule has 1 fully saturated rings. The van der Waals surface area contributed by atoms with Crippen LogP contribution in [0.1, 0.15) is 42.5 Å². The molecule has 0 saturated carbocycles. The summed E-state index contributed by atoms with van der Waals surface area (Å²) in [5.74, 6) is 0.339. The highest BCUT2D eigenvalue weighted by Gasteiger charge is 2.40. The quantitative estimate of drug-likeness (QED) is 0.711. The van der Waals surface area contributed by atoms with Crippen molar-refractivity contribution >= 4 is 11.6 Å². The molecular weight excluding hydrogens is 385 g/mol. The van der Waals surface area contributed by atoms with Gasteiger partial charge in [-0.05, 0) is 55.2 Å². The molecule has 3 atom stereocenters. The Morgan fingerprint density at radius 2 is 1.86 bits per heavy atom. The molecule has 29 heavy (non-hydrogen) atoms. The van der Waals surface area contributed by atoms with Crippen LogP contribution in [0.3, 0.4) is 0 Å². The summed E-state index contributed by atoms with van der Waals surface area (Å²) in [7, 11) is 0. The third-order valence-corrected chi connectivity index (χ3v) is 5.46. The Morgan fingerprint density at radius 3 is 2.55 bits per heavy atom. The zero-order chi connectivity index (χ0) is 20.8. The fourth-order valence-corrected chi connectivity index (χ4v) is 4.12. The number of halogens is 3. The molecule has 2 heterocycles. The Kier molecular flexibility index (Phi) is 4.78. The summed E-state index contributed by atoms with van der Waals surface area (Å²) in [6, 6.07) is 9.84. The Morgan fingerprint density at radius 1 is 1.14 bits per heavy atom. The highest BCUT2D eigenvalue weighted by Crippen LogP contribution is 2.42. The van der Waals surface area contributed by atoms with Gasteiger partial charge >= 0.3 is 6.18 Å². The molecule has 2 aromatic carbocycles. The predicted octanol–water partition coefficient (Wildman–Crippen LogP) is 3.74. The van der Waals surface area contributed by atoms with E-state index in [0.717, 1.165) is 17.7 Å². The number of fused-ring (bicyclic) bond motifs is 1. The maximum absolute atomic E-state index is 12.9. The van der Waals surface area contributed by atoms with Gasteiger partial charge in [0.05, 0.1) is 16.9 Å². The molecule has 1 amide bonds. The van der Waals surface area contributed by atoms with Crippen LogP contribution in [0.15, 0.2) is 42.5 Å². The molecule has 3 N–H and O–H groups in total. The van der Waals surface area contributed by atoms with E-state index in [1.807, 2.05) is 19.1 Å². The van der Waals surface area contributed by atoms with Gasteiger partial charge in [-0.15, -0.1) is 0 Å². The fourth-order valence-electron chi connectivity index (χ4n) is 4.12. The number of rotatable bonds is 2. The summed E-state index contributed by atoms with van der Waals surface area (Å²) in [6.07, 6.45) is -3.73. The second-order valence-electron chi connectivity index (χ2n) is 7.73. The molecule has 2 aliphatic heterocycles. The first kappa shape index (κ1) is 19.7. The standard InChI is InChI=1S/C21H21F3N2O3/c1-12-9-20(28,14-3-5-15(6-4-14)21(22,23)24)10-17(25-12)13-2-7-16-18(8-13)29-11-19(27)26-16/h2-8,12,17,25,28H,9-11H2,1H3,(H,26,27)/t12-,17-,20?/m0/s1. The lowest BCUT2D eigenvalue weighted by molar-refractivity contribution is -0.137. The summed E-state index contributed by atoms with van der Waals surface area (Å²) in [4.78, 5) is 11.4. The number of benzene rings is 2. The second kappa shape index (κ2) is 7.03. The average Bonchev–Trinajstić information content (AvgIpc) is 2.66. The molecule has 4 rings (SSSR count). The Bertz CT molecular complexity index is 930. The molecule has 0 aliphatic carbocycles. The lowest BCUT2D eigenvalue weighted by Gasteiger charge is -2.42. The minimum absolute atomic E-state index is 0.0551. The van der Waals surface area contributed by atoms with Crippen molar-refractivity contribution in [2.45, 2.75) is 43.6 Å². The number of piperidine rings is 1. The van der Waals surface area contributed by atoms with Crippen LogP contribution in [0.5, 0.6) is 5.75 Å². The molecule has 0 aromatic heterocycles. The van der Waals surface area contributed by atoms with E-state index in [2.05, 4.69) is 10.6 Å². The smallest absolute Gasteiger partial charge is 0.416 e. The van der Waals surface area contributed by atoms with Crippen LogP contribution >= 0.6 is 0 Å². The molecule has 8 heteroatoms. The van der Waals surface area contributed by atoms with Crippen molar-refractivity contribution in [2.75, 3.05) is 11.9 Å². The van der Waals surface area contributed by atoms with Gasteiger partial charge in [-0.1, -0.05) is 18.2 Å². The monoisotopic (exact) mass is 406 g/mol. The van der Waals surface area contributed by atoms with E-state index in [-0.39, 0.29) is 24.6 Å². The van der Waals surface area contributed by atoms with Gasteiger partial charge in [0, 0.05) is 12.1 Å². The van der Waals surface area contributed by atoms with Crippen molar-refractivity contribution in [2.24, 2.45) is 0 Å². The van der Waals surface area contributed by atoms with Gasteiger partial charge in [0.25, 0.3) is 5.91 Å². The van der Waals surface area contributed by atoms with Crippen molar-refractivity contribution in [3.05, 3.63) is 59.2 Å². The van der Waals surface area contributed by atoms with Gasteiger partial charge in [-0.25, -0.2) is 0 Å². The molecule has 2 aliphatic rings. The molecule has 1 unspecified atom stereocenters. The van der Waals surface area contributed by atoms with Crippen LogP contribution in [0.4, 0.5) is 18.9 Å². The maximum atomic E-state index is 12.9. The van der Waals surface area contributed by atoms with Crippen LogP contribution in [0, 0.1) is 0 Å². The first-order valence-electron chi connectivity index (χ1n) is 9.37. The molecule has 0 bridgehead atoms. The number of anilines is 1. The molecule has 2 aromatic rings. The number of hydrogen-bond donors (Lipinski definition) is 3. The van der Waals surface area contributed by atoms with E-state index in [1.165, 1.54) is 12.1 Å². The largest absolute Gasteiger partial charge is 0.482 e. The first-order chi connectivity index (χ1) is 13.6. The third kappa shape index (κ3) is 3.95. The van der Waals surface area contributed by atoms with Gasteiger partial charge in [0.1, 0.15) is 5.75 Å². The Hall–Kier alpha value is -2.58. The zero-order valence-corrected chi connectivity index (χ0v) is 15.7. The van der Waals surface area contributed by atoms with Crippen LogP contribution in [0.25, 0.3) is 0 Å². The maximum Gasteiger partial charge on any atom is 0.416 e. The number of carbonyl (C=O) groups is 1. The van der Waals surface area contributed by atoms with E-state index in [0.29, 0.717) is 29.8 Å². The number of alkyl halides is 3. The van der Waals surface area contributed by atoms with Crippen molar-refractivity contribution in [1.82, 2.24) is 5.32 Å². The van der Waals surface area contributed by atoms with Gasteiger partial charge in [0.2, 0.25) is 0 Å². The van der Waals surface area contributed by atoms with E-state index >= 15 is 0 Å². The molecular formula is C21H21F3N2O3. The third-order valence-electron chi connectivity index (χ3n) is 5.46. The first-order valence-corrected chi connectivity index (χ1v) is 9.37. The molecule has 1 saturated heterocycles. The molecule has 154 valence electrons. The summed E-state index contributed by atoms with van der Waals surface area (Å²) in [5.41, 5.74) is -0.0732. The summed E-state index contributed by atoms with van der Waals surface area (Å²) in [5, 5.41) is 17.5. The SMILES string of the molecule is C[C@H]1CC(O)(c2ccc(C(F)(F)F)cc2)C[C@@H](c2ccc3c(c2)OCC(=O)N3)N1. The van der Waals surface area contributed by atoms with E-state index in [9.17, 15) is 23.1 Å². The van der Waals surface area contributed by atoms with E-state index in [1.54, 1.807) is 6.07 Å². The Labute approximate surface area is 165 Å². The number of hydrogen-bond acceptors (Lipinski definition) is 4.